The minimum atomic E-state index is -0.0667. The minimum Gasteiger partial charge on any atom is -0.322 e. The predicted molar refractivity (Wildman–Crippen MR) is 84.0 cm³/mol. The quantitative estimate of drug-likeness (QED) is 0.640. The third kappa shape index (κ3) is 5.58. The Morgan fingerprint density at radius 2 is 1.75 bits per heavy atom. The Morgan fingerprint density at radius 3 is 2.25 bits per heavy atom. The lowest BCUT2D eigenvalue weighted by atomic mass is 10.5. The van der Waals surface area contributed by atoms with Crippen LogP contribution in [0.3, 0.4) is 0 Å². The molecule has 20 heavy (non-hydrogen) atoms. The van der Waals surface area contributed by atoms with Crippen LogP contribution in [0.2, 0.25) is 0 Å². The molecule has 0 spiro atoms. The van der Waals surface area contributed by atoms with E-state index in [1.165, 1.54) is 29.6 Å². The fourth-order valence-electron chi connectivity index (χ4n) is 1.73. The van der Waals surface area contributed by atoms with Gasteiger partial charge in [-0.3, -0.25) is 9.59 Å². The van der Waals surface area contributed by atoms with Gasteiger partial charge in [0.15, 0.2) is 5.12 Å². The Kier molecular flexibility index (Phi) is 7.76. The topological polar surface area (TPSA) is 57.7 Å². The highest BCUT2D eigenvalue weighted by Gasteiger charge is 2.27. The molecule has 1 aliphatic rings. The molecule has 1 saturated heterocycles. The molecule has 1 aliphatic heterocycles. The van der Waals surface area contributed by atoms with Crippen LogP contribution in [-0.2, 0) is 9.59 Å². The average Bonchev–Trinajstić information content (AvgIpc) is 2.80. The Bertz CT molecular complexity index is 388. The van der Waals surface area contributed by atoms with Gasteiger partial charge < -0.3 is 9.80 Å². The van der Waals surface area contributed by atoms with Crippen LogP contribution < -0.4 is 0 Å². The molecule has 0 unspecified atom stereocenters. The van der Waals surface area contributed by atoms with Crippen molar-refractivity contribution < 1.29 is 14.4 Å². The summed E-state index contributed by atoms with van der Waals surface area (Å²) in [5, 5.41) is 0.0934. The van der Waals surface area contributed by atoms with E-state index in [1.807, 2.05) is 6.92 Å². The van der Waals surface area contributed by atoms with Crippen LogP contribution in [0.15, 0.2) is 12.7 Å². The van der Waals surface area contributed by atoms with Crippen LogP contribution in [-0.4, -0.2) is 63.7 Å². The molecule has 1 rings (SSSR count). The second-order valence-electron chi connectivity index (χ2n) is 4.20. The van der Waals surface area contributed by atoms with Gasteiger partial charge in [0.1, 0.15) is 0 Å². The largest absolute Gasteiger partial charge is 0.322 e. The van der Waals surface area contributed by atoms with Crippen LogP contribution in [0.1, 0.15) is 13.3 Å². The number of hydrogen-bond acceptors (Lipinski definition) is 5. The van der Waals surface area contributed by atoms with Gasteiger partial charge in [-0.1, -0.05) is 37.0 Å². The van der Waals surface area contributed by atoms with Crippen molar-refractivity contribution in [1.29, 1.82) is 0 Å². The van der Waals surface area contributed by atoms with Crippen molar-refractivity contribution >= 4 is 39.8 Å². The first-order chi connectivity index (χ1) is 9.58. The molecule has 0 bridgehead atoms. The summed E-state index contributed by atoms with van der Waals surface area (Å²) in [6, 6.07) is 0.00111. The number of thioether (sulfide) groups is 2. The number of carbonyl (C=O) groups excluding carboxylic acids is 3. The Morgan fingerprint density at radius 1 is 1.20 bits per heavy atom. The molecule has 5 nitrogen and oxygen atoms in total. The highest BCUT2D eigenvalue weighted by molar-refractivity contribution is 8.14. The van der Waals surface area contributed by atoms with Gasteiger partial charge in [-0.05, 0) is 6.08 Å². The molecule has 7 heteroatoms. The molecule has 0 N–H and O–H groups in total. The van der Waals surface area contributed by atoms with E-state index in [-0.39, 0.29) is 16.3 Å². The molecule has 0 aromatic carbocycles. The van der Waals surface area contributed by atoms with E-state index in [2.05, 4.69) is 6.58 Å². The van der Waals surface area contributed by atoms with Crippen LogP contribution in [0.25, 0.3) is 0 Å². The molecular weight excluding hydrogens is 296 g/mol. The summed E-state index contributed by atoms with van der Waals surface area (Å²) in [7, 11) is 0. The van der Waals surface area contributed by atoms with Gasteiger partial charge in [0.05, 0.1) is 0 Å². The van der Waals surface area contributed by atoms with Gasteiger partial charge >= 0.3 is 6.03 Å². The first kappa shape index (κ1) is 17.1. The molecule has 1 fully saturated rings. The smallest absolute Gasteiger partial charge is 0.320 e. The van der Waals surface area contributed by atoms with Crippen LogP contribution >= 0.6 is 23.5 Å². The van der Waals surface area contributed by atoms with Gasteiger partial charge in [-0.15, -0.1) is 0 Å². The second kappa shape index (κ2) is 9.07. The lowest BCUT2D eigenvalue weighted by molar-refractivity contribution is -0.110. The molecule has 0 atom stereocenters. The zero-order valence-corrected chi connectivity index (χ0v) is 13.3. The zero-order chi connectivity index (χ0) is 15.0. The number of amides is 2. The van der Waals surface area contributed by atoms with Gasteiger partial charge in [0.2, 0.25) is 5.12 Å². The number of carbonyl (C=O) groups is 3. The van der Waals surface area contributed by atoms with Gasteiger partial charge in [0, 0.05) is 44.1 Å². The Balaban J connectivity index is 2.23. The van der Waals surface area contributed by atoms with Crippen molar-refractivity contribution in [2.24, 2.45) is 0 Å². The number of urea groups is 1. The molecular formula is C13H20N2O3S2. The number of hydrogen-bond donors (Lipinski definition) is 0. The monoisotopic (exact) mass is 316 g/mol. The summed E-state index contributed by atoms with van der Waals surface area (Å²) in [6.07, 6.45) is 1.81. The molecule has 112 valence electrons. The Labute approximate surface area is 128 Å². The van der Waals surface area contributed by atoms with Crippen molar-refractivity contribution in [2.75, 3.05) is 37.7 Å². The molecule has 2 amide bonds. The van der Waals surface area contributed by atoms with Gasteiger partial charge in [-0.2, -0.15) is 0 Å². The van der Waals surface area contributed by atoms with E-state index in [0.29, 0.717) is 44.1 Å². The van der Waals surface area contributed by atoms with E-state index < -0.39 is 0 Å². The normalized spacial score (nSPS) is 14.8. The number of nitrogens with zero attached hydrogens (tertiary/aromatic N) is 2. The number of rotatable bonds is 8. The lowest BCUT2D eigenvalue weighted by Gasteiger charge is -2.17. The summed E-state index contributed by atoms with van der Waals surface area (Å²) in [4.78, 5) is 37.8. The highest BCUT2D eigenvalue weighted by Crippen LogP contribution is 2.13. The summed E-state index contributed by atoms with van der Waals surface area (Å²) in [6.45, 7) is 7.79. The maximum atomic E-state index is 12.0. The maximum Gasteiger partial charge on any atom is 0.320 e. The van der Waals surface area contributed by atoms with E-state index in [1.54, 1.807) is 9.80 Å². The first-order valence-corrected chi connectivity index (χ1v) is 8.54. The van der Waals surface area contributed by atoms with Crippen LogP contribution in [0.4, 0.5) is 4.79 Å². The van der Waals surface area contributed by atoms with Crippen molar-refractivity contribution in [3.05, 3.63) is 12.7 Å². The highest BCUT2D eigenvalue weighted by atomic mass is 32.2. The van der Waals surface area contributed by atoms with E-state index in [0.717, 1.165) is 0 Å². The fourth-order valence-corrected chi connectivity index (χ4v) is 3.11. The van der Waals surface area contributed by atoms with Crippen LogP contribution in [0, 0.1) is 0 Å². The van der Waals surface area contributed by atoms with Crippen molar-refractivity contribution in [3.63, 3.8) is 0 Å². The third-order valence-electron chi connectivity index (χ3n) is 2.87. The summed E-state index contributed by atoms with van der Waals surface area (Å²) < 4.78 is 0. The molecule has 0 aromatic rings. The molecule has 0 saturated carbocycles. The van der Waals surface area contributed by atoms with Crippen molar-refractivity contribution in [2.45, 2.75) is 13.3 Å². The average molecular weight is 316 g/mol. The van der Waals surface area contributed by atoms with E-state index in [4.69, 9.17) is 0 Å². The fraction of sp³-hybridized carbons (Fsp3) is 0.615. The first-order valence-electron chi connectivity index (χ1n) is 6.57. The van der Waals surface area contributed by atoms with Gasteiger partial charge in [0.25, 0.3) is 0 Å². The predicted octanol–water partition coefficient (Wildman–Crippen LogP) is 1.84. The van der Waals surface area contributed by atoms with Crippen molar-refractivity contribution in [1.82, 2.24) is 9.80 Å². The lowest BCUT2D eigenvalue weighted by Crippen LogP contribution is -2.34. The van der Waals surface area contributed by atoms with E-state index >= 15 is 0 Å². The second-order valence-corrected chi connectivity index (χ2v) is 6.45. The van der Waals surface area contributed by atoms with Crippen LogP contribution in [0.5, 0.6) is 0 Å². The van der Waals surface area contributed by atoms with Crippen molar-refractivity contribution in [3.8, 4) is 0 Å². The SMILES string of the molecule is C=CC(=O)SCCN1CCN(CCSC(=O)CC)C1=O. The molecule has 0 aromatic heterocycles. The zero-order valence-electron chi connectivity index (χ0n) is 11.7. The Hall–Kier alpha value is -0.950. The summed E-state index contributed by atoms with van der Waals surface area (Å²) in [5.74, 6) is 1.24. The van der Waals surface area contributed by atoms with Gasteiger partial charge in [-0.25, -0.2) is 4.79 Å². The minimum absolute atomic E-state index is 0.00111. The molecule has 0 radical (unpaired) electrons. The standard InChI is InChI=1S/C13H20N2O3S2/c1-3-11(16)19-9-7-14-5-6-15(13(14)18)8-10-20-12(17)4-2/h3H,1,4-10H2,2H3. The summed E-state index contributed by atoms with van der Waals surface area (Å²) >= 11 is 2.45. The molecule has 0 aliphatic carbocycles. The van der Waals surface area contributed by atoms with E-state index in [9.17, 15) is 14.4 Å². The molecule has 1 heterocycles. The maximum absolute atomic E-state index is 12.0. The summed E-state index contributed by atoms with van der Waals surface area (Å²) in [5.41, 5.74) is 0. The third-order valence-corrected chi connectivity index (χ3v) is 4.70.